The Morgan fingerprint density at radius 3 is 2.31 bits per heavy atom. The molecule has 0 heterocycles. The Labute approximate surface area is 76.3 Å². The van der Waals surface area contributed by atoms with Crippen LogP contribution in [-0.4, -0.2) is 42.4 Å². The average molecular weight is 199 g/mol. The molecular formula is C8H16F3NO. The van der Waals surface area contributed by atoms with E-state index < -0.39 is 18.7 Å². The molecule has 1 N–H and O–H groups in total. The van der Waals surface area contributed by atoms with E-state index in [1.165, 1.54) is 0 Å². The van der Waals surface area contributed by atoms with Crippen molar-refractivity contribution in [1.29, 1.82) is 0 Å². The largest absolute Gasteiger partial charge is 0.392 e. The van der Waals surface area contributed by atoms with Crippen LogP contribution in [0, 0.1) is 0 Å². The number of nitrogens with zero attached hydrogens (tertiary/aromatic N) is 1. The van der Waals surface area contributed by atoms with Crippen molar-refractivity contribution >= 4 is 0 Å². The summed E-state index contributed by atoms with van der Waals surface area (Å²) in [7, 11) is 1.70. The Kier molecular flexibility index (Phi) is 5.32. The van der Waals surface area contributed by atoms with E-state index in [0.717, 1.165) is 0 Å². The predicted molar refractivity (Wildman–Crippen MR) is 44.5 cm³/mol. The van der Waals surface area contributed by atoms with E-state index in [-0.39, 0.29) is 6.42 Å². The van der Waals surface area contributed by atoms with Gasteiger partial charge in [-0.05, 0) is 26.9 Å². The minimum absolute atomic E-state index is 0.0900. The van der Waals surface area contributed by atoms with Gasteiger partial charge >= 0.3 is 6.18 Å². The zero-order valence-electron chi connectivity index (χ0n) is 7.93. The molecule has 0 bridgehead atoms. The standard InChI is InChI=1S/C8H16F3NO/c1-7(13)6-12(2)5-3-4-8(9,10)11/h7,13H,3-6H2,1-2H3. The third-order valence-electron chi connectivity index (χ3n) is 1.58. The lowest BCUT2D eigenvalue weighted by molar-refractivity contribution is -0.136. The zero-order chi connectivity index (χ0) is 10.5. The van der Waals surface area contributed by atoms with E-state index in [1.54, 1.807) is 18.9 Å². The molecule has 0 saturated heterocycles. The summed E-state index contributed by atoms with van der Waals surface area (Å²) in [6, 6.07) is 0. The maximum Gasteiger partial charge on any atom is 0.389 e. The smallest absolute Gasteiger partial charge is 0.389 e. The van der Waals surface area contributed by atoms with Gasteiger partial charge in [-0.25, -0.2) is 0 Å². The van der Waals surface area contributed by atoms with Crippen LogP contribution in [0.3, 0.4) is 0 Å². The van der Waals surface area contributed by atoms with Crippen LogP contribution in [0.2, 0.25) is 0 Å². The lowest BCUT2D eigenvalue weighted by Gasteiger charge is -2.18. The van der Waals surface area contributed by atoms with Crippen molar-refractivity contribution in [2.24, 2.45) is 0 Å². The monoisotopic (exact) mass is 199 g/mol. The molecule has 1 atom stereocenters. The first kappa shape index (κ1) is 12.7. The number of aliphatic hydroxyl groups excluding tert-OH is 1. The van der Waals surface area contributed by atoms with Crippen LogP contribution in [0.4, 0.5) is 13.2 Å². The predicted octanol–water partition coefficient (Wildman–Crippen LogP) is 1.64. The Morgan fingerprint density at radius 1 is 1.38 bits per heavy atom. The van der Waals surface area contributed by atoms with Crippen molar-refractivity contribution in [3.05, 3.63) is 0 Å². The minimum Gasteiger partial charge on any atom is -0.392 e. The Morgan fingerprint density at radius 2 is 1.92 bits per heavy atom. The summed E-state index contributed by atoms with van der Waals surface area (Å²) >= 11 is 0. The number of alkyl halides is 3. The van der Waals surface area contributed by atoms with Gasteiger partial charge in [0.05, 0.1) is 6.10 Å². The van der Waals surface area contributed by atoms with Gasteiger partial charge in [0, 0.05) is 13.0 Å². The van der Waals surface area contributed by atoms with Crippen LogP contribution in [0.5, 0.6) is 0 Å². The van der Waals surface area contributed by atoms with Gasteiger partial charge in [0.1, 0.15) is 0 Å². The maximum absolute atomic E-state index is 11.7. The second-order valence-electron chi connectivity index (χ2n) is 3.33. The number of likely N-dealkylation sites (N-methyl/N-ethyl adjacent to an activating group) is 1. The molecule has 0 aromatic rings. The summed E-state index contributed by atoms with van der Waals surface area (Å²) < 4.78 is 35.1. The van der Waals surface area contributed by atoms with Gasteiger partial charge in [-0.15, -0.1) is 0 Å². The van der Waals surface area contributed by atoms with E-state index >= 15 is 0 Å². The fraction of sp³-hybridized carbons (Fsp3) is 1.00. The van der Waals surface area contributed by atoms with Crippen LogP contribution < -0.4 is 0 Å². The Bertz CT molecular complexity index is 136. The van der Waals surface area contributed by atoms with Gasteiger partial charge in [-0.3, -0.25) is 0 Å². The van der Waals surface area contributed by atoms with Crippen molar-refractivity contribution in [3.63, 3.8) is 0 Å². The van der Waals surface area contributed by atoms with Crippen LogP contribution in [0.15, 0.2) is 0 Å². The molecule has 0 aliphatic carbocycles. The normalized spacial score (nSPS) is 15.0. The van der Waals surface area contributed by atoms with Crippen molar-refractivity contribution < 1.29 is 18.3 Å². The van der Waals surface area contributed by atoms with Crippen molar-refractivity contribution in [1.82, 2.24) is 4.90 Å². The van der Waals surface area contributed by atoms with E-state index in [1.807, 2.05) is 0 Å². The summed E-state index contributed by atoms with van der Waals surface area (Å²) in [5.74, 6) is 0. The second-order valence-corrected chi connectivity index (χ2v) is 3.33. The zero-order valence-corrected chi connectivity index (χ0v) is 7.93. The van der Waals surface area contributed by atoms with Crippen LogP contribution in [0.25, 0.3) is 0 Å². The molecule has 0 amide bonds. The molecule has 0 aromatic heterocycles. The second kappa shape index (κ2) is 5.44. The van der Waals surface area contributed by atoms with Gasteiger partial charge in [-0.2, -0.15) is 13.2 Å². The number of hydrogen-bond acceptors (Lipinski definition) is 2. The lowest BCUT2D eigenvalue weighted by atomic mass is 10.3. The Hall–Kier alpha value is -0.290. The highest BCUT2D eigenvalue weighted by Gasteiger charge is 2.26. The summed E-state index contributed by atoms with van der Waals surface area (Å²) in [6.07, 6.45) is -5.22. The molecule has 0 aliphatic heterocycles. The van der Waals surface area contributed by atoms with E-state index in [2.05, 4.69) is 0 Å². The first-order valence-corrected chi connectivity index (χ1v) is 4.24. The first-order valence-electron chi connectivity index (χ1n) is 4.24. The fourth-order valence-electron chi connectivity index (χ4n) is 1.09. The Balaban J connectivity index is 3.42. The van der Waals surface area contributed by atoms with Crippen LogP contribution in [0.1, 0.15) is 19.8 Å². The van der Waals surface area contributed by atoms with Gasteiger partial charge in [0.25, 0.3) is 0 Å². The molecule has 0 spiro atoms. The fourth-order valence-corrected chi connectivity index (χ4v) is 1.09. The van der Waals surface area contributed by atoms with Gasteiger partial charge in [0.15, 0.2) is 0 Å². The molecular weight excluding hydrogens is 183 g/mol. The SMILES string of the molecule is CC(O)CN(C)CCCC(F)(F)F. The summed E-state index contributed by atoms with van der Waals surface area (Å²) in [5, 5.41) is 8.92. The molecule has 0 radical (unpaired) electrons. The number of aliphatic hydroxyl groups is 1. The van der Waals surface area contributed by atoms with Gasteiger partial charge in [-0.1, -0.05) is 0 Å². The average Bonchev–Trinajstić information content (AvgIpc) is 1.81. The highest BCUT2D eigenvalue weighted by atomic mass is 19.4. The van der Waals surface area contributed by atoms with Crippen LogP contribution in [-0.2, 0) is 0 Å². The third-order valence-corrected chi connectivity index (χ3v) is 1.58. The maximum atomic E-state index is 11.7. The quantitative estimate of drug-likeness (QED) is 0.727. The molecule has 13 heavy (non-hydrogen) atoms. The summed E-state index contributed by atoms with van der Waals surface area (Å²) in [6.45, 7) is 2.39. The number of halogens is 3. The number of rotatable bonds is 5. The van der Waals surface area contributed by atoms with E-state index in [9.17, 15) is 13.2 Å². The molecule has 80 valence electrons. The third kappa shape index (κ3) is 9.63. The molecule has 0 saturated carbocycles. The van der Waals surface area contributed by atoms with Gasteiger partial charge < -0.3 is 10.0 Å². The summed E-state index contributed by atoms with van der Waals surface area (Å²) in [5.41, 5.74) is 0. The highest BCUT2D eigenvalue weighted by molar-refractivity contribution is 4.58. The van der Waals surface area contributed by atoms with Crippen molar-refractivity contribution in [2.45, 2.75) is 32.0 Å². The highest BCUT2D eigenvalue weighted by Crippen LogP contribution is 2.21. The van der Waals surface area contributed by atoms with Gasteiger partial charge in [0.2, 0.25) is 0 Å². The molecule has 1 unspecified atom stereocenters. The minimum atomic E-state index is -4.06. The van der Waals surface area contributed by atoms with E-state index in [0.29, 0.717) is 13.1 Å². The molecule has 0 aromatic carbocycles. The molecule has 5 heteroatoms. The molecule has 0 fully saturated rings. The molecule has 0 aliphatic rings. The summed E-state index contributed by atoms with van der Waals surface area (Å²) in [4.78, 5) is 1.69. The van der Waals surface area contributed by atoms with Crippen LogP contribution >= 0.6 is 0 Å². The van der Waals surface area contributed by atoms with Crippen molar-refractivity contribution in [2.75, 3.05) is 20.1 Å². The van der Waals surface area contributed by atoms with E-state index in [4.69, 9.17) is 5.11 Å². The first-order chi connectivity index (χ1) is 5.81. The molecule has 2 nitrogen and oxygen atoms in total. The lowest BCUT2D eigenvalue weighted by Crippen LogP contribution is -2.28. The molecule has 0 rings (SSSR count). The topological polar surface area (TPSA) is 23.5 Å². The van der Waals surface area contributed by atoms with Crippen molar-refractivity contribution in [3.8, 4) is 0 Å². The number of hydrogen-bond donors (Lipinski definition) is 1.